The van der Waals surface area contributed by atoms with E-state index in [2.05, 4.69) is 0 Å². The third kappa shape index (κ3) is 86.8. The molecule has 6 heavy (non-hydrogen) atoms. The van der Waals surface area contributed by atoms with E-state index in [1.54, 1.807) is 0 Å². The molecule has 4 nitrogen and oxygen atoms in total. The topological polar surface area (TPSA) is 66.2 Å². The minimum atomic E-state index is -1.75. The molecule has 6 heteroatoms. The molecular weight excluding hydrogens is 193 g/mol. The average Bonchev–Trinajstić information content (AvgIpc) is 0.811. The number of nitrogens with zero attached hydrogens (tertiary/aromatic N) is 1. The Bertz CT molecular complexity index is 33.8. The van der Waals surface area contributed by atoms with Crippen molar-refractivity contribution in [1.29, 1.82) is 0 Å². The van der Waals surface area contributed by atoms with E-state index < -0.39 is 5.09 Å². The van der Waals surface area contributed by atoms with Crippen LogP contribution in [0.1, 0.15) is 0 Å². The van der Waals surface area contributed by atoms with E-state index in [-0.39, 0.29) is 51.9 Å². The second kappa shape index (κ2) is 9.34. The van der Waals surface area contributed by atoms with E-state index in [0.717, 1.165) is 0 Å². The summed E-state index contributed by atoms with van der Waals surface area (Å²) in [5.41, 5.74) is 0. The van der Waals surface area contributed by atoms with Crippen molar-refractivity contribution in [1.82, 2.24) is 0 Å². The molecule has 0 heterocycles. The third-order valence-corrected chi connectivity index (χ3v) is 0. The van der Waals surface area contributed by atoms with Gasteiger partial charge in [0.1, 0.15) is 0 Å². The van der Waals surface area contributed by atoms with Crippen molar-refractivity contribution in [3.8, 4) is 0 Å². The number of hydrogen-bond acceptors (Lipinski definition) is 3. The predicted molar refractivity (Wildman–Crippen MR) is 17.5 cm³/mol. The number of hydrogen-bond donors (Lipinski definition) is 0. The molecule has 0 aliphatic carbocycles. The molecule has 0 bridgehead atoms. The van der Waals surface area contributed by atoms with E-state index in [4.69, 9.17) is 15.3 Å². The summed E-state index contributed by atoms with van der Waals surface area (Å²) in [7, 11) is 0. The normalized spacial score (nSPS) is 4.00. The summed E-state index contributed by atoms with van der Waals surface area (Å²) < 4.78 is 0. The van der Waals surface area contributed by atoms with Gasteiger partial charge in [-0.1, -0.05) is 0 Å². The second-order valence-corrected chi connectivity index (χ2v) is 0.224. The Morgan fingerprint density at radius 2 is 1.33 bits per heavy atom. The molecule has 0 aromatic rings. The van der Waals surface area contributed by atoms with Gasteiger partial charge in [-0.05, 0) is 0 Å². The van der Waals surface area contributed by atoms with Crippen molar-refractivity contribution < 1.29 is 27.5 Å². The maximum absolute atomic E-state index is 8.25. The monoisotopic (exact) mass is 193 g/mol. The van der Waals surface area contributed by atoms with E-state index >= 15 is 0 Å². The molecule has 0 aromatic heterocycles. The third-order valence-electron chi connectivity index (χ3n) is 0. The zero-order valence-electron chi connectivity index (χ0n) is 1.97. The van der Waals surface area contributed by atoms with Crippen LogP contribution in [0.4, 0.5) is 0 Å². The summed E-state index contributed by atoms with van der Waals surface area (Å²) in [5.74, 6) is 0. The summed E-state index contributed by atoms with van der Waals surface area (Å²) in [6.45, 7) is 0. The van der Waals surface area contributed by atoms with Crippen LogP contribution in [0.15, 0.2) is 0 Å². The first-order chi connectivity index (χ1) is 1.73. The molecule has 0 spiro atoms. The second-order valence-electron chi connectivity index (χ2n) is 0.224. The van der Waals surface area contributed by atoms with Crippen LogP contribution in [0.2, 0.25) is 0 Å². The van der Waals surface area contributed by atoms with Gasteiger partial charge < -0.3 is 15.3 Å². The van der Waals surface area contributed by atoms with Gasteiger partial charge in [0.25, 0.3) is 0 Å². The van der Waals surface area contributed by atoms with Gasteiger partial charge in [-0.15, -0.1) is 0 Å². The molecule has 0 radical (unpaired) electrons. The van der Waals surface area contributed by atoms with Crippen LogP contribution >= 0.6 is 0 Å². The summed E-state index contributed by atoms with van der Waals surface area (Å²) in [4.78, 5) is 8.25. The van der Waals surface area contributed by atoms with Crippen molar-refractivity contribution in [2.24, 2.45) is 0 Å². The molecule has 0 aliphatic heterocycles. The quantitative estimate of drug-likeness (QED) is 0.285. The first-order valence-electron chi connectivity index (χ1n) is 0.548. The summed E-state index contributed by atoms with van der Waals surface area (Å²) in [6.07, 6.45) is 0. The van der Waals surface area contributed by atoms with Crippen molar-refractivity contribution in [3.63, 3.8) is 0 Å². The molecule has 36 valence electrons. The molecule has 0 amide bonds. The summed E-state index contributed by atoms with van der Waals surface area (Å²) in [5, 5.41) is 14.8. The zero-order chi connectivity index (χ0) is 3.58. The molecule has 0 rings (SSSR count). The van der Waals surface area contributed by atoms with E-state index in [1.807, 2.05) is 0 Å². The van der Waals surface area contributed by atoms with Crippen LogP contribution in [0, 0.1) is 15.3 Å². The average molecular weight is 194 g/mol. The van der Waals surface area contributed by atoms with Crippen molar-refractivity contribution in [3.05, 3.63) is 15.3 Å². The van der Waals surface area contributed by atoms with E-state index in [9.17, 15) is 0 Å². The van der Waals surface area contributed by atoms with Gasteiger partial charge in [0, 0.05) is 0 Å². The van der Waals surface area contributed by atoms with Gasteiger partial charge in [0.05, 0.1) is 5.09 Å². The van der Waals surface area contributed by atoms with Gasteiger partial charge in [-0.25, -0.2) is 0 Å². The Kier molecular flexibility index (Phi) is 24.5. The van der Waals surface area contributed by atoms with Crippen molar-refractivity contribution >= 4 is 29.6 Å². The molecule has 0 fully saturated rings. The predicted octanol–water partition coefficient (Wildman–Crippen LogP) is -0.890. The molecule has 0 atom stereocenters. The Morgan fingerprint density at radius 3 is 1.33 bits per heavy atom. The van der Waals surface area contributed by atoms with Gasteiger partial charge in [-0.2, -0.15) is 0 Å². The van der Waals surface area contributed by atoms with Crippen LogP contribution in [0.3, 0.4) is 0 Å². The molecule has 0 aliphatic rings. The molecule has 0 N–H and O–H groups in total. The van der Waals surface area contributed by atoms with Crippen LogP contribution in [0.5, 0.6) is 0 Å². The molecule has 0 unspecified atom stereocenters. The molecule has 0 aromatic carbocycles. The summed E-state index contributed by atoms with van der Waals surface area (Å²) >= 11 is 0. The Labute approximate surface area is 71.8 Å². The number of rotatable bonds is 0. The van der Waals surface area contributed by atoms with Crippen LogP contribution < -0.4 is 0 Å². The van der Waals surface area contributed by atoms with Gasteiger partial charge in [0.2, 0.25) is 0 Å². The Balaban J connectivity index is -0.0000000450. The summed E-state index contributed by atoms with van der Waals surface area (Å²) in [6, 6.07) is 0. The Hall–Kier alpha value is 0.940. The molecule has 0 saturated heterocycles. The van der Waals surface area contributed by atoms with Crippen molar-refractivity contribution in [2.45, 2.75) is 0 Å². The zero-order valence-corrected chi connectivity index (χ0v) is 3.46. The van der Waals surface area contributed by atoms with Crippen LogP contribution in [0.25, 0.3) is 0 Å². The first kappa shape index (κ1) is 15.8. The fourth-order valence-corrected chi connectivity index (χ4v) is 0. The van der Waals surface area contributed by atoms with Crippen LogP contribution in [-0.4, -0.2) is 34.6 Å². The fraction of sp³-hybridized carbons (Fsp3) is 0. The van der Waals surface area contributed by atoms with Gasteiger partial charge in [-0.3, -0.25) is 0 Å². The SMILES string of the molecule is O=[N+]([O-])[O-].[Ag+].[NaH]. The van der Waals surface area contributed by atoms with Crippen LogP contribution in [-0.2, 0) is 22.4 Å². The minimum absolute atomic E-state index is 0. The van der Waals surface area contributed by atoms with Crippen molar-refractivity contribution in [2.75, 3.05) is 0 Å². The molecular formula is HAgNNaO3. The van der Waals surface area contributed by atoms with Gasteiger partial charge >= 0.3 is 51.9 Å². The Morgan fingerprint density at radius 1 is 1.33 bits per heavy atom. The van der Waals surface area contributed by atoms with Gasteiger partial charge in [0.15, 0.2) is 0 Å². The van der Waals surface area contributed by atoms with E-state index in [0.29, 0.717) is 0 Å². The fourth-order valence-electron chi connectivity index (χ4n) is 0. The van der Waals surface area contributed by atoms with E-state index in [1.165, 1.54) is 0 Å². The molecule has 0 saturated carbocycles. The maximum atomic E-state index is 8.25. The standard InChI is InChI=1S/Ag.NO3.Na.H/c;2-1(3)4;;/q+1;-1;;. The first-order valence-corrected chi connectivity index (χ1v) is 0.548.